The van der Waals surface area contributed by atoms with E-state index in [0.29, 0.717) is 46.2 Å². The molecule has 0 unspecified atom stereocenters. The molecule has 0 atom stereocenters. The minimum Gasteiger partial charge on any atom is -0.394 e. The Labute approximate surface area is 174 Å². The lowest BCUT2D eigenvalue weighted by Crippen LogP contribution is -2.12. The molecule has 0 saturated heterocycles. The molecule has 28 heavy (non-hydrogen) atoms. The van der Waals surface area contributed by atoms with Gasteiger partial charge >= 0.3 is 0 Å². The van der Waals surface area contributed by atoms with Crippen LogP contribution in [-0.2, 0) is 18.9 Å². The van der Waals surface area contributed by atoms with E-state index in [2.05, 4.69) is 6.92 Å². The van der Waals surface area contributed by atoms with Gasteiger partial charge in [0.1, 0.15) is 0 Å². The van der Waals surface area contributed by atoms with Crippen LogP contribution in [-0.4, -0.2) is 64.6 Å². The third kappa shape index (κ3) is 25.8. The van der Waals surface area contributed by atoms with E-state index in [4.69, 9.17) is 24.1 Å². The molecular formula is C23H48O5. The van der Waals surface area contributed by atoms with Crippen LogP contribution in [0.25, 0.3) is 0 Å². The standard InChI is InChI=1S/C23H48O5/c1-2-3-4-5-6-7-8-9-10-11-12-13-14-16-25-18-20-27-22-23-28-21-19-26-17-15-24/h24H,2-23H2,1H3. The first kappa shape index (κ1) is 27.8. The van der Waals surface area contributed by atoms with E-state index in [0.717, 1.165) is 13.0 Å². The number of rotatable bonds is 25. The summed E-state index contributed by atoms with van der Waals surface area (Å²) >= 11 is 0. The van der Waals surface area contributed by atoms with Gasteiger partial charge in [-0.2, -0.15) is 0 Å². The van der Waals surface area contributed by atoms with E-state index in [1.807, 2.05) is 0 Å². The van der Waals surface area contributed by atoms with Gasteiger partial charge in [0.2, 0.25) is 0 Å². The van der Waals surface area contributed by atoms with Gasteiger partial charge in [0, 0.05) is 6.61 Å². The number of hydrogen-bond acceptors (Lipinski definition) is 5. The maximum Gasteiger partial charge on any atom is 0.0701 e. The van der Waals surface area contributed by atoms with Crippen molar-refractivity contribution in [1.29, 1.82) is 0 Å². The third-order valence-corrected chi connectivity index (χ3v) is 4.74. The Morgan fingerprint density at radius 2 is 0.714 bits per heavy atom. The van der Waals surface area contributed by atoms with Crippen molar-refractivity contribution in [2.75, 3.05) is 59.5 Å². The normalized spacial score (nSPS) is 11.4. The lowest BCUT2D eigenvalue weighted by Gasteiger charge is -2.07. The number of hydrogen-bond donors (Lipinski definition) is 1. The summed E-state index contributed by atoms with van der Waals surface area (Å²) in [6, 6.07) is 0. The number of aliphatic hydroxyl groups excluding tert-OH is 1. The van der Waals surface area contributed by atoms with Gasteiger partial charge in [0.15, 0.2) is 0 Å². The van der Waals surface area contributed by atoms with Crippen molar-refractivity contribution < 1.29 is 24.1 Å². The highest BCUT2D eigenvalue weighted by atomic mass is 16.6. The minimum absolute atomic E-state index is 0.0580. The maximum atomic E-state index is 8.55. The van der Waals surface area contributed by atoms with Crippen LogP contribution in [0.5, 0.6) is 0 Å². The largest absolute Gasteiger partial charge is 0.394 e. The smallest absolute Gasteiger partial charge is 0.0701 e. The van der Waals surface area contributed by atoms with Gasteiger partial charge < -0.3 is 24.1 Å². The summed E-state index contributed by atoms with van der Waals surface area (Å²) in [5.74, 6) is 0. The molecule has 0 aliphatic rings. The molecule has 0 spiro atoms. The lowest BCUT2D eigenvalue weighted by atomic mass is 10.0. The predicted molar refractivity (Wildman–Crippen MR) is 116 cm³/mol. The van der Waals surface area contributed by atoms with Crippen LogP contribution < -0.4 is 0 Å². The maximum absolute atomic E-state index is 8.55. The fraction of sp³-hybridized carbons (Fsp3) is 1.00. The van der Waals surface area contributed by atoms with Crippen LogP contribution in [0.15, 0.2) is 0 Å². The highest BCUT2D eigenvalue weighted by molar-refractivity contribution is 4.49. The van der Waals surface area contributed by atoms with E-state index in [1.165, 1.54) is 77.0 Å². The molecule has 0 aromatic carbocycles. The first-order valence-corrected chi connectivity index (χ1v) is 11.8. The second-order valence-corrected chi connectivity index (χ2v) is 7.42. The molecule has 0 aromatic rings. The van der Waals surface area contributed by atoms with Gasteiger partial charge in [-0.15, -0.1) is 0 Å². The van der Waals surface area contributed by atoms with E-state index in [9.17, 15) is 0 Å². The highest BCUT2D eigenvalue weighted by Gasteiger charge is 1.95. The fourth-order valence-electron chi connectivity index (χ4n) is 3.05. The molecule has 0 amide bonds. The van der Waals surface area contributed by atoms with Gasteiger partial charge in [-0.25, -0.2) is 0 Å². The molecule has 0 aromatic heterocycles. The van der Waals surface area contributed by atoms with Crippen molar-refractivity contribution in [3.63, 3.8) is 0 Å². The van der Waals surface area contributed by atoms with Crippen LogP contribution in [0.4, 0.5) is 0 Å². The average molecular weight is 405 g/mol. The van der Waals surface area contributed by atoms with Crippen molar-refractivity contribution in [2.45, 2.75) is 90.4 Å². The van der Waals surface area contributed by atoms with Crippen molar-refractivity contribution in [3.8, 4) is 0 Å². The van der Waals surface area contributed by atoms with Crippen molar-refractivity contribution in [2.24, 2.45) is 0 Å². The van der Waals surface area contributed by atoms with Gasteiger partial charge in [-0.3, -0.25) is 0 Å². The van der Waals surface area contributed by atoms with E-state index >= 15 is 0 Å². The fourth-order valence-corrected chi connectivity index (χ4v) is 3.05. The summed E-state index contributed by atoms with van der Waals surface area (Å²) in [5, 5.41) is 8.55. The first-order chi connectivity index (χ1) is 13.9. The Morgan fingerprint density at radius 3 is 1.11 bits per heavy atom. The van der Waals surface area contributed by atoms with Crippen LogP contribution in [0, 0.1) is 0 Å². The molecule has 0 saturated carbocycles. The molecule has 0 aliphatic heterocycles. The molecule has 0 bridgehead atoms. The molecule has 0 radical (unpaired) electrons. The molecule has 5 heteroatoms. The van der Waals surface area contributed by atoms with Crippen molar-refractivity contribution >= 4 is 0 Å². The summed E-state index contributed by atoms with van der Waals surface area (Å²) in [6.07, 6.45) is 17.9. The monoisotopic (exact) mass is 404 g/mol. The SMILES string of the molecule is CCCCCCCCCCCCCCCOCCOCCOCCOCCO. The Morgan fingerprint density at radius 1 is 0.393 bits per heavy atom. The van der Waals surface area contributed by atoms with Crippen LogP contribution in [0.3, 0.4) is 0 Å². The number of ether oxygens (including phenoxy) is 4. The minimum atomic E-state index is 0.0580. The highest BCUT2D eigenvalue weighted by Crippen LogP contribution is 2.12. The zero-order valence-electron chi connectivity index (χ0n) is 18.6. The molecular weight excluding hydrogens is 356 g/mol. The molecule has 1 N–H and O–H groups in total. The Kier molecular flexibility index (Phi) is 26.6. The molecule has 0 heterocycles. The van der Waals surface area contributed by atoms with Gasteiger partial charge in [-0.05, 0) is 6.42 Å². The van der Waals surface area contributed by atoms with Gasteiger partial charge in [0.25, 0.3) is 0 Å². The zero-order valence-corrected chi connectivity index (χ0v) is 18.6. The molecule has 0 rings (SSSR count). The zero-order chi connectivity index (χ0) is 20.4. The van der Waals surface area contributed by atoms with E-state index < -0.39 is 0 Å². The molecule has 0 aliphatic carbocycles. The Balaban J connectivity index is 2.96. The molecule has 170 valence electrons. The number of aliphatic hydroxyl groups is 1. The Hall–Kier alpha value is -0.200. The van der Waals surface area contributed by atoms with Crippen LogP contribution in [0.2, 0.25) is 0 Å². The summed E-state index contributed by atoms with van der Waals surface area (Å²) < 4.78 is 21.5. The average Bonchev–Trinajstić information content (AvgIpc) is 2.71. The predicted octanol–water partition coefficient (Wildman–Crippen LogP) is 5.14. The van der Waals surface area contributed by atoms with Crippen molar-refractivity contribution in [1.82, 2.24) is 0 Å². The van der Waals surface area contributed by atoms with E-state index in [1.54, 1.807) is 0 Å². The second kappa shape index (κ2) is 26.8. The second-order valence-electron chi connectivity index (χ2n) is 7.42. The van der Waals surface area contributed by atoms with Crippen LogP contribution >= 0.6 is 0 Å². The Bertz CT molecular complexity index is 237. The first-order valence-electron chi connectivity index (χ1n) is 11.8. The summed E-state index contributed by atoms with van der Waals surface area (Å²) in [5.41, 5.74) is 0. The van der Waals surface area contributed by atoms with Gasteiger partial charge in [-0.1, -0.05) is 84.0 Å². The third-order valence-electron chi connectivity index (χ3n) is 4.74. The number of unbranched alkanes of at least 4 members (excludes halogenated alkanes) is 12. The summed E-state index contributed by atoms with van der Waals surface area (Å²) in [6.45, 7) is 7.06. The molecule has 0 fully saturated rings. The van der Waals surface area contributed by atoms with Crippen LogP contribution in [0.1, 0.15) is 90.4 Å². The van der Waals surface area contributed by atoms with E-state index in [-0.39, 0.29) is 6.61 Å². The summed E-state index contributed by atoms with van der Waals surface area (Å²) in [7, 11) is 0. The van der Waals surface area contributed by atoms with Crippen molar-refractivity contribution in [3.05, 3.63) is 0 Å². The topological polar surface area (TPSA) is 57.2 Å². The van der Waals surface area contributed by atoms with Gasteiger partial charge in [0.05, 0.1) is 52.9 Å². The lowest BCUT2D eigenvalue weighted by molar-refractivity contribution is -0.00577. The molecule has 5 nitrogen and oxygen atoms in total. The quantitative estimate of drug-likeness (QED) is 0.214. The summed E-state index contributed by atoms with van der Waals surface area (Å²) in [4.78, 5) is 0.